The van der Waals surface area contributed by atoms with Gasteiger partial charge in [0.15, 0.2) is 10.1 Å². The van der Waals surface area contributed by atoms with E-state index in [0.29, 0.717) is 59.3 Å². The highest BCUT2D eigenvalue weighted by Gasteiger charge is 2.43. The van der Waals surface area contributed by atoms with Gasteiger partial charge in [0.05, 0.1) is 45.2 Å². The Bertz CT molecular complexity index is 3640. The van der Waals surface area contributed by atoms with Crippen molar-refractivity contribution in [1.29, 1.82) is 5.26 Å². The minimum atomic E-state index is -4.29. The SMILES string of the molecule is CC(C)(C)c1ccc2c(n1)N1C[C@@H](CCC(c3ccc(C#N)cn3)Nc3cccc(n3)S(=O)(=O)NC2=O)CC1(C)C.CC(C)(C)c1ccc2c(n1)N1C[C@@H](CCC(c3ccc(Cl)cn3)Nc3cccc(n3)S(=O)(=O)NC2=O)CC1(C)C. The Morgan fingerprint density at radius 3 is 1.40 bits per heavy atom. The fourth-order valence-corrected chi connectivity index (χ4v) is 13.2. The summed E-state index contributed by atoms with van der Waals surface area (Å²) in [6.07, 6.45) is 8.06. The van der Waals surface area contributed by atoms with E-state index in [0.717, 1.165) is 54.9 Å². The number of hydrogen-bond donors (Lipinski definition) is 4. The molecule has 2 unspecified atom stereocenters. The van der Waals surface area contributed by atoms with Crippen molar-refractivity contribution >= 4 is 66.7 Å². The number of nitrogens with one attached hydrogen (secondary N) is 4. The van der Waals surface area contributed by atoms with Crippen LogP contribution in [0.5, 0.6) is 0 Å². The zero-order valence-electron chi connectivity index (χ0n) is 47.4. The molecule has 0 aromatic carbocycles. The molecule has 4 aliphatic rings. The van der Waals surface area contributed by atoms with E-state index in [2.05, 4.69) is 125 Å². The molecule has 4 aliphatic heterocycles. The third-order valence-corrected chi connectivity index (χ3v) is 18.1. The van der Waals surface area contributed by atoms with Crippen molar-refractivity contribution in [2.45, 2.75) is 152 Å². The van der Waals surface area contributed by atoms with Gasteiger partial charge in [-0.1, -0.05) is 65.3 Å². The number of carbonyl (C=O) groups is 2. The third-order valence-electron chi connectivity index (χ3n) is 15.4. The predicted octanol–water partition coefficient (Wildman–Crippen LogP) is 10.2. The molecule has 22 heteroatoms. The molecule has 4 N–H and O–H groups in total. The second-order valence-electron chi connectivity index (χ2n) is 24.7. The molecule has 10 rings (SSSR count). The topological polar surface area (TPSA) is 258 Å². The number of pyridine rings is 6. The molecule has 0 spiro atoms. The molecule has 6 aromatic heterocycles. The van der Waals surface area contributed by atoms with Gasteiger partial charge >= 0.3 is 0 Å². The van der Waals surface area contributed by atoms with Gasteiger partial charge in [0.2, 0.25) is 0 Å². The van der Waals surface area contributed by atoms with Crippen molar-refractivity contribution in [3.05, 3.63) is 142 Å². The van der Waals surface area contributed by atoms with Crippen molar-refractivity contribution in [3.63, 3.8) is 0 Å². The number of nitrogens with zero attached hydrogens (tertiary/aromatic N) is 9. The molecule has 6 aromatic rings. The quantitative estimate of drug-likeness (QED) is 0.126. The van der Waals surface area contributed by atoms with E-state index in [9.17, 15) is 31.7 Å². The van der Waals surface area contributed by atoms with Crippen LogP contribution in [0.4, 0.5) is 23.3 Å². The number of halogens is 1. The Balaban J connectivity index is 0.000000196. The molecular weight excluding hydrogens is 1090 g/mol. The van der Waals surface area contributed by atoms with Gasteiger partial charge in [-0.2, -0.15) is 22.1 Å². The molecule has 2 saturated heterocycles. The van der Waals surface area contributed by atoms with Crippen molar-refractivity contribution < 1.29 is 26.4 Å². The number of anilines is 4. The van der Waals surface area contributed by atoms with Crippen LogP contribution in [0.2, 0.25) is 5.02 Å². The number of aromatic nitrogens is 6. The number of rotatable bonds is 2. The lowest BCUT2D eigenvalue weighted by Gasteiger charge is -2.34. The number of sulfonamides is 2. The number of fused-ring (bicyclic) bond motifs is 12. The first-order valence-electron chi connectivity index (χ1n) is 27.2. The van der Waals surface area contributed by atoms with E-state index in [-0.39, 0.29) is 61.1 Å². The van der Waals surface area contributed by atoms with Gasteiger partial charge in [-0.25, -0.2) is 29.4 Å². The summed E-state index contributed by atoms with van der Waals surface area (Å²) in [6, 6.07) is 25.0. The molecule has 0 saturated carbocycles. The van der Waals surface area contributed by atoms with Crippen LogP contribution < -0.4 is 29.9 Å². The van der Waals surface area contributed by atoms with Crippen LogP contribution in [0.3, 0.4) is 0 Å². The summed E-state index contributed by atoms with van der Waals surface area (Å²) in [5, 5.41) is 15.9. The van der Waals surface area contributed by atoms with E-state index >= 15 is 0 Å². The van der Waals surface area contributed by atoms with Crippen LogP contribution in [0.1, 0.15) is 169 Å². The van der Waals surface area contributed by atoms with Gasteiger partial charge in [0.25, 0.3) is 31.9 Å². The average Bonchev–Trinajstić information content (AvgIpc) is 3.99. The van der Waals surface area contributed by atoms with Crippen LogP contribution in [0, 0.1) is 23.2 Å². The molecule has 426 valence electrons. The standard InChI is InChI=1S/C30H35N7O3S.C29H35ClN6O3S/c1-29(2,3)24-14-11-21-27(34-24)37-18-19(15-30(37,4)5)9-13-23(22-12-10-20(16-31)17-32-22)33-25-7-6-8-26(35-25)41(39,40)36-28(21)38;1-28(2,3)23-14-11-20-26(33-23)36-17-18(15-29(36,4)5)9-12-22(21-13-10-19(30)16-31-21)32-24-7-6-8-25(34-24)40(38,39)35-27(20)37/h6-8,10-12,14,17,19,23H,9,13,15,18H2,1-5H3,(H,33,35)(H,36,38);6-8,10-11,13-14,16,18,22H,9,12,15,17H2,1-5H3,(H,32,34)(H,35,37)/t19-,23?;18-,22?/m00/s1. The Hall–Kier alpha value is -7.28. The van der Waals surface area contributed by atoms with Crippen LogP contribution in [-0.4, -0.2) is 82.7 Å². The molecule has 81 heavy (non-hydrogen) atoms. The monoisotopic (exact) mass is 1160 g/mol. The lowest BCUT2D eigenvalue weighted by Crippen LogP contribution is -2.41. The molecule has 0 aliphatic carbocycles. The highest BCUT2D eigenvalue weighted by atomic mass is 35.5. The average molecular weight is 1160 g/mol. The van der Waals surface area contributed by atoms with Crippen LogP contribution in [0.15, 0.2) is 107 Å². The largest absolute Gasteiger partial charge is 0.362 e. The maximum atomic E-state index is 13.6. The maximum absolute atomic E-state index is 13.6. The summed E-state index contributed by atoms with van der Waals surface area (Å²) in [4.78, 5) is 59.1. The molecule has 2 amide bonds. The summed E-state index contributed by atoms with van der Waals surface area (Å²) < 4.78 is 57.9. The number of hydrogen-bond acceptors (Lipinski definition) is 17. The Kier molecular flexibility index (Phi) is 16.0. The molecule has 4 atom stereocenters. The summed E-state index contributed by atoms with van der Waals surface area (Å²) in [5.74, 6) is 0.819. The first kappa shape index (κ1) is 58.4. The van der Waals surface area contributed by atoms with Gasteiger partial charge in [-0.15, -0.1) is 0 Å². The van der Waals surface area contributed by atoms with Crippen molar-refractivity contribution in [2.24, 2.45) is 11.8 Å². The first-order valence-corrected chi connectivity index (χ1v) is 30.5. The maximum Gasteiger partial charge on any atom is 0.281 e. The smallest absolute Gasteiger partial charge is 0.281 e. The normalized spacial score (nSPS) is 22.1. The van der Waals surface area contributed by atoms with E-state index in [4.69, 9.17) is 21.6 Å². The highest BCUT2D eigenvalue weighted by molar-refractivity contribution is 7.90. The van der Waals surface area contributed by atoms with Gasteiger partial charge in [-0.05, 0) is 151 Å². The lowest BCUT2D eigenvalue weighted by molar-refractivity contribution is 0.0972. The number of carbonyl (C=O) groups excluding carboxylic acids is 2. The predicted molar refractivity (Wildman–Crippen MR) is 312 cm³/mol. The molecule has 19 nitrogen and oxygen atoms in total. The van der Waals surface area contributed by atoms with E-state index in [1.165, 1.54) is 18.3 Å². The second-order valence-corrected chi connectivity index (χ2v) is 28.4. The summed E-state index contributed by atoms with van der Waals surface area (Å²) >= 11 is 6.10. The van der Waals surface area contributed by atoms with Crippen LogP contribution in [-0.2, 0) is 30.9 Å². The summed E-state index contributed by atoms with van der Waals surface area (Å²) in [5.41, 5.74) is 2.90. The van der Waals surface area contributed by atoms with Gasteiger partial charge in [-0.3, -0.25) is 19.6 Å². The minimum absolute atomic E-state index is 0.208. The van der Waals surface area contributed by atoms with Gasteiger partial charge < -0.3 is 20.4 Å². The minimum Gasteiger partial charge on any atom is -0.362 e. The van der Waals surface area contributed by atoms with E-state index in [1.54, 1.807) is 66.9 Å². The zero-order chi connectivity index (χ0) is 58.5. The van der Waals surface area contributed by atoms with Crippen molar-refractivity contribution in [2.75, 3.05) is 33.5 Å². The fraction of sp³-hybridized carbons (Fsp3) is 0.441. The first-order chi connectivity index (χ1) is 38.0. The van der Waals surface area contributed by atoms with Gasteiger partial charge in [0, 0.05) is 58.8 Å². The fourth-order valence-electron chi connectivity index (χ4n) is 11.2. The van der Waals surface area contributed by atoms with Crippen LogP contribution in [0.25, 0.3) is 0 Å². The van der Waals surface area contributed by atoms with Crippen molar-refractivity contribution in [1.82, 2.24) is 39.3 Å². The Morgan fingerprint density at radius 2 is 1.01 bits per heavy atom. The second kappa shape index (κ2) is 22.2. The van der Waals surface area contributed by atoms with Gasteiger partial charge in [0.1, 0.15) is 29.3 Å². The van der Waals surface area contributed by atoms with E-state index in [1.807, 2.05) is 12.1 Å². The summed E-state index contributed by atoms with van der Waals surface area (Å²) in [7, 11) is -8.56. The Morgan fingerprint density at radius 1 is 0.580 bits per heavy atom. The molecule has 0 radical (unpaired) electrons. The number of nitriles is 1. The Labute approximate surface area is 480 Å². The number of amides is 2. The molecule has 2 fully saturated rings. The zero-order valence-corrected chi connectivity index (χ0v) is 49.8. The van der Waals surface area contributed by atoms with E-state index < -0.39 is 31.9 Å². The highest BCUT2D eigenvalue weighted by Crippen LogP contribution is 2.43. The summed E-state index contributed by atoms with van der Waals surface area (Å²) in [6.45, 7) is 22.3. The van der Waals surface area contributed by atoms with Crippen LogP contribution >= 0.6 is 11.6 Å². The molecule has 8 bridgehead atoms. The third kappa shape index (κ3) is 13.1. The van der Waals surface area contributed by atoms with Crippen molar-refractivity contribution in [3.8, 4) is 6.07 Å². The molecular formula is C59H70ClN13O6S2. The molecule has 10 heterocycles. The lowest BCUT2D eigenvalue weighted by atomic mass is 9.90.